The van der Waals surface area contributed by atoms with Crippen LogP contribution in [-0.2, 0) is 4.74 Å². The molecule has 0 unspecified atom stereocenters. The zero-order valence-electron chi connectivity index (χ0n) is 10.7. The molecule has 0 bridgehead atoms. The van der Waals surface area contributed by atoms with Gasteiger partial charge in [0.25, 0.3) is 0 Å². The van der Waals surface area contributed by atoms with Crippen LogP contribution in [0.25, 0.3) is 0 Å². The summed E-state index contributed by atoms with van der Waals surface area (Å²) in [6, 6.07) is 5.82. The Labute approximate surface area is 114 Å². The van der Waals surface area contributed by atoms with E-state index in [0.29, 0.717) is 5.75 Å². The zero-order chi connectivity index (χ0) is 15.0. The molecule has 0 heterocycles. The molecule has 0 aliphatic rings. The van der Waals surface area contributed by atoms with E-state index in [0.717, 1.165) is 0 Å². The molecule has 1 rings (SSSR count). The fraction of sp³-hybridized carbons (Fsp3) is 0.462. The fourth-order valence-corrected chi connectivity index (χ4v) is 1.39. The van der Waals surface area contributed by atoms with E-state index in [1.165, 1.54) is 24.3 Å². The molecular weight excluding hydrogens is 277 g/mol. The first kappa shape index (κ1) is 16.3. The first-order chi connectivity index (χ1) is 9.38. The fourth-order valence-electron chi connectivity index (χ4n) is 1.39. The molecule has 1 aromatic carbocycles. The van der Waals surface area contributed by atoms with Gasteiger partial charge < -0.3 is 14.6 Å². The van der Waals surface area contributed by atoms with Crippen molar-refractivity contribution in [3.05, 3.63) is 29.8 Å². The smallest absolute Gasteiger partial charge is 0.389 e. The number of ether oxygens (including phenoxy) is 2. The molecule has 1 N–H and O–H groups in total. The van der Waals surface area contributed by atoms with E-state index in [1.807, 2.05) is 0 Å². The molecular formula is C13H15F3O4. The number of alkyl halides is 3. The third-order valence-electron chi connectivity index (χ3n) is 2.35. The highest BCUT2D eigenvalue weighted by molar-refractivity contribution is 5.87. The number of halogens is 3. The summed E-state index contributed by atoms with van der Waals surface area (Å²) in [4.78, 5) is 10.6. The maximum absolute atomic E-state index is 11.8. The van der Waals surface area contributed by atoms with Gasteiger partial charge in [0.05, 0.1) is 12.2 Å². The van der Waals surface area contributed by atoms with Gasteiger partial charge in [-0.1, -0.05) is 0 Å². The standard InChI is InChI=1S/C13H15F3O4/c14-13(15,16)6-1-7-19-8-9-20-11-4-2-10(3-5-11)12(17)18/h2-5H,1,6-9H2,(H,17,18). The Morgan fingerprint density at radius 2 is 1.75 bits per heavy atom. The molecule has 0 atom stereocenters. The normalized spacial score (nSPS) is 11.3. The number of aromatic carboxylic acids is 1. The maximum Gasteiger partial charge on any atom is 0.389 e. The zero-order valence-corrected chi connectivity index (χ0v) is 10.7. The Bertz CT molecular complexity index is 415. The average Bonchev–Trinajstić information content (AvgIpc) is 2.37. The number of rotatable bonds is 8. The molecule has 7 heteroatoms. The second-order valence-corrected chi connectivity index (χ2v) is 4.01. The van der Waals surface area contributed by atoms with E-state index in [9.17, 15) is 18.0 Å². The van der Waals surface area contributed by atoms with Crippen molar-refractivity contribution in [3.8, 4) is 5.75 Å². The van der Waals surface area contributed by atoms with E-state index in [-0.39, 0.29) is 31.8 Å². The molecule has 112 valence electrons. The summed E-state index contributed by atoms with van der Waals surface area (Å²) < 4.78 is 45.7. The van der Waals surface area contributed by atoms with Gasteiger partial charge in [-0.2, -0.15) is 13.2 Å². The molecule has 0 spiro atoms. The van der Waals surface area contributed by atoms with Gasteiger partial charge in [-0.15, -0.1) is 0 Å². The molecule has 0 saturated carbocycles. The summed E-state index contributed by atoms with van der Waals surface area (Å²) in [5.41, 5.74) is 0.153. The molecule has 0 fully saturated rings. The Morgan fingerprint density at radius 3 is 2.30 bits per heavy atom. The van der Waals surface area contributed by atoms with E-state index in [2.05, 4.69) is 0 Å². The predicted molar refractivity (Wildman–Crippen MR) is 65.0 cm³/mol. The Morgan fingerprint density at radius 1 is 1.10 bits per heavy atom. The van der Waals surface area contributed by atoms with Crippen LogP contribution in [0.3, 0.4) is 0 Å². The lowest BCUT2D eigenvalue weighted by Crippen LogP contribution is -2.11. The van der Waals surface area contributed by atoms with Crippen LogP contribution in [-0.4, -0.2) is 37.1 Å². The highest BCUT2D eigenvalue weighted by atomic mass is 19.4. The quantitative estimate of drug-likeness (QED) is 0.748. The molecule has 0 saturated heterocycles. The average molecular weight is 292 g/mol. The van der Waals surface area contributed by atoms with E-state index in [4.69, 9.17) is 14.6 Å². The third-order valence-corrected chi connectivity index (χ3v) is 2.35. The monoisotopic (exact) mass is 292 g/mol. The molecule has 20 heavy (non-hydrogen) atoms. The molecule has 0 radical (unpaired) electrons. The number of hydrogen-bond acceptors (Lipinski definition) is 3. The van der Waals surface area contributed by atoms with Crippen LogP contribution in [0.4, 0.5) is 13.2 Å². The summed E-state index contributed by atoms with van der Waals surface area (Å²) in [6.07, 6.45) is -5.08. The first-order valence-electron chi connectivity index (χ1n) is 5.99. The highest BCUT2D eigenvalue weighted by Gasteiger charge is 2.25. The number of carboxylic acid groups (broad SMARTS) is 1. The van der Waals surface area contributed by atoms with Crippen molar-refractivity contribution >= 4 is 5.97 Å². The first-order valence-corrected chi connectivity index (χ1v) is 5.99. The van der Waals surface area contributed by atoms with Gasteiger partial charge in [0.2, 0.25) is 0 Å². The van der Waals surface area contributed by atoms with Crippen LogP contribution in [0.5, 0.6) is 5.75 Å². The summed E-state index contributed by atoms with van der Waals surface area (Å²) >= 11 is 0. The van der Waals surface area contributed by atoms with Crippen molar-refractivity contribution in [3.63, 3.8) is 0 Å². The van der Waals surface area contributed by atoms with Crippen LogP contribution in [0, 0.1) is 0 Å². The molecule has 0 aliphatic heterocycles. The molecule has 0 aromatic heterocycles. The van der Waals surface area contributed by atoms with E-state index in [1.54, 1.807) is 0 Å². The molecule has 4 nitrogen and oxygen atoms in total. The predicted octanol–water partition coefficient (Wildman–Crippen LogP) is 3.12. The van der Waals surface area contributed by atoms with Crippen molar-refractivity contribution in [2.75, 3.05) is 19.8 Å². The van der Waals surface area contributed by atoms with Crippen molar-refractivity contribution in [1.82, 2.24) is 0 Å². The SMILES string of the molecule is O=C(O)c1ccc(OCCOCCCC(F)(F)F)cc1. The van der Waals surface area contributed by atoms with Crippen molar-refractivity contribution in [1.29, 1.82) is 0 Å². The Balaban J connectivity index is 2.11. The summed E-state index contributed by atoms with van der Waals surface area (Å²) in [6.45, 7) is 0.401. The van der Waals surface area contributed by atoms with Crippen LogP contribution in [0.1, 0.15) is 23.2 Å². The minimum Gasteiger partial charge on any atom is -0.491 e. The van der Waals surface area contributed by atoms with Crippen molar-refractivity contribution < 1.29 is 32.5 Å². The minimum atomic E-state index is -4.15. The number of carboxylic acids is 1. The lowest BCUT2D eigenvalue weighted by atomic mass is 10.2. The van der Waals surface area contributed by atoms with Crippen LogP contribution >= 0.6 is 0 Å². The number of benzene rings is 1. The molecule has 1 aromatic rings. The van der Waals surface area contributed by atoms with Crippen LogP contribution in [0.15, 0.2) is 24.3 Å². The Kier molecular flexibility index (Phi) is 6.30. The largest absolute Gasteiger partial charge is 0.491 e. The van der Waals surface area contributed by atoms with Gasteiger partial charge in [0, 0.05) is 13.0 Å². The Hall–Kier alpha value is -1.76. The van der Waals surface area contributed by atoms with Crippen molar-refractivity contribution in [2.45, 2.75) is 19.0 Å². The number of carbonyl (C=O) groups is 1. The van der Waals surface area contributed by atoms with Gasteiger partial charge >= 0.3 is 12.1 Å². The highest BCUT2D eigenvalue weighted by Crippen LogP contribution is 2.21. The minimum absolute atomic E-state index is 0.0286. The number of hydrogen-bond donors (Lipinski definition) is 1. The van der Waals surface area contributed by atoms with Gasteiger partial charge in [-0.05, 0) is 30.7 Å². The summed E-state index contributed by atoms with van der Waals surface area (Å²) in [7, 11) is 0. The van der Waals surface area contributed by atoms with Gasteiger partial charge in [0.15, 0.2) is 0 Å². The van der Waals surface area contributed by atoms with E-state index < -0.39 is 18.6 Å². The topological polar surface area (TPSA) is 55.8 Å². The second kappa shape index (κ2) is 7.74. The van der Waals surface area contributed by atoms with Gasteiger partial charge in [-0.25, -0.2) is 4.79 Å². The van der Waals surface area contributed by atoms with Crippen LogP contribution in [0.2, 0.25) is 0 Å². The maximum atomic E-state index is 11.8. The van der Waals surface area contributed by atoms with Gasteiger partial charge in [0.1, 0.15) is 12.4 Å². The lowest BCUT2D eigenvalue weighted by Gasteiger charge is -2.08. The lowest BCUT2D eigenvalue weighted by molar-refractivity contribution is -0.138. The molecule has 0 aliphatic carbocycles. The van der Waals surface area contributed by atoms with E-state index >= 15 is 0 Å². The van der Waals surface area contributed by atoms with Crippen molar-refractivity contribution in [2.24, 2.45) is 0 Å². The third kappa shape index (κ3) is 6.98. The second-order valence-electron chi connectivity index (χ2n) is 4.01. The van der Waals surface area contributed by atoms with Gasteiger partial charge in [-0.3, -0.25) is 0 Å². The molecule has 0 amide bonds. The summed E-state index contributed by atoms with van der Waals surface area (Å²) in [5.74, 6) is -0.543. The van der Waals surface area contributed by atoms with Crippen LogP contribution < -0.4 is 4.74 Å². The summed E-state index contributed by atoms with van der Waals surface area (Å²) in [5, 5.41) is 8.69.